The molecule has 2 aromatic rings. The Hall–Kier alpha value is -2.54. The normalized spacial score (nSPS) is 24.8. The van der Waals surface area contributed by atoms with Crippen LogP contribution in [0.2, 0.25) is 0 Å². The zero-order valence-electron chi connectivity index (χ0n) is 15.5. The van der Waals surface area contributed by atoms with Crippen molar-refractivity contribution in [3.05, 3.63) is 51.4 Å². The number of nitrogens with one attached hydrogen (secondary N) is 2. The van der Waals surface area contributed by atoms with Crippen molar-refractivity contribution >= 4 is 11.7 Å². The molecule has 0 unspecified atom stereocenters. The highest BCUT2D eigenvalue weighted by Crippen LogP contribution is 2.44. The molecule has 0 saturated heterocycles. The van der Waals surface area contributed by atoms with E-state index in [4.69, 9.17) is 4.74 Å². The Kier molecular flexibility index (Phi) is 4.66. The number of aromatic nitrogens is 2. The van der Waals surface area contributed by atoms with E-state index >= 15 is 0 Å². The maximum atomic E-state index is 12.7. The van der Waals surface area contributed by atoms with Gasteiger partial charge in [0, 0.05) is 43.4 Å². The summed E-state index contributed by atoms with van der Waals surface area (Å²) in [5.74, 6) is -1.94. The first-order valence-electron chi connectivity index (χ1n) is 8.72. The lowest BCUT2D eigenvalue weighted by Crippen LogP contribution is -2.50. The van der Waals surface area contributed by atoms with Gasteiger partial charge in [0.2, 0.25) is 0 Å². The topological polar surface area (TPSA) is 98.4 Å². The Morgan fingerprint density at radius 3 is 2.54 bits per heavy atom. The van der Waals surface area contributed by atoms with Crippen LogP contribution in [-0.4, -0.2) is 47.6 Å². The summed E-state index contributed by atoms with van der Waals surface area (Å²) in [5, 5.41) is 16.4. The average Bonchev–Trinajstić information content (AvgIpc) is 2.93. The Labute approximate surface area is 152 Å². The van der Waals surface area contributed by atoms with Crippen molar-refractivity contribution in [3.63, 3.8) is 0 Å². The van der Waals surface area contributed by atoms with E-state index in [9.17, 15) is 14.7 Å². The molecule has 3 rings (SSSR count). The quantitative estimate of drug-likeness (QED) is 0.717. The molecule has 0 bridgehead atoms. The number of esters is 1. The molecule has 26 heavy (non-hydrogen) atoms. The highest BCUT2D eigenvalue weighted by atomic mass is 16.5. The van der Waals surface area contributed by atoms with Crippen LogP contribution in [0.15, 0.2) is 29.1 Å². The molecule has 0 fully saturated rings. The molecule has 1 aliphatic rings. The molecule has 0 saturated carbocycles. The van der Waals surface area contributed by atoms with Crippen LogP contribution in [-0.2, 0) is 16.0 Å². The predicted molar refractivity (Wildman–Crippen MR) is 98.5 cm³/mol. The highest BCUT2D eigenvalue weighted by molar-refractivity contribution is 5.77. The average molecular weight is 359 g/mol. The van der Waals surface area contributed by atoms with Gasteiger partial charge in [-0.05, 0) is 31.5 Å². The van der Waals surface area contributed by atoms with Crippen LogP contribution in [0.4, 0.5) is 5.69 Å². The molecule has 3 N–H and O–H groups in total. The summed E-state index contributed by atoms with van der Waals surface area (Å²) >= 11 is 0. The van der Waals surface area contributed by atoms with E-state index in [0.717, 1.165) is 11.3 Å². The SMILES string of the molecule is CCOC(=O)[C@@H]1[C@@H](c2ccc(N(C)C)cc2)c2c([nH][nH]c2=O)C[C@@]1(C)O. The van der Waals surface area contributed by atoms with Gasteiger partial charge in [-0.3, -0.25) is 14.7 Å². The summed E-state index contributed by atoms with van der Waals surface area (Å²) in [7, 11) is 3.88. The Morgan fingerprint density at radius 2 is 1.96 bits per heavy atom. The van der Waals surface area contributed by atoms with Crippen LogP contribution in [0.1, 0.15) is 36.6 Å². The monoisotopic (exact) mass is 359 g/mol. The first kappa shape index (κ1) is 18.3. The van der Waals surface area contributed by atoms with Crippen molar-refractivity contribution in [2.75, 3.05) is 25.6 Å². The second-order valence-corrected chi connectivity index (χ2v) is 7.20. The van der Waals surface area contributed by atoms with E-state index in [0.29, 0.717) is 11.3 Å². The van der Waals surface area contributed by atoms with Crippen LogP contribution in [0, 0.1) is 5.92 Å². The van der Waals surface area contributed by atoms with Gasteiger partial charge in [-0.1, -0.05) is 12.1 Å². The molecule has 0 amide bonds. The molecular formula is C19H25N3O4. The third kappa shape index (κ3) is 3.03. The smallest absolute Gasteiger partial charge is 0.312 e. The van der Waals surface area contributed by atoms with Gasteiger partial charge >= 0.3 is 5.97 Å². The number of aliphatic hydroxyl groups is 1. The van der Waals surface area contributed by atoms with E-state index in [2.05, 4.69) is 10.2 Å². The number of aromatic amines is 2. The van der Waals surface area contributed by atoms with Gasteiger partial charge in [0.25, 0.3) is 5.56 Å². The fourth-order valence-corrected chi connectivity index (χ4v) is 3.83. The lowest BCUT2D eigenvalue weighted by atomic mass is 9.66. The minimum Gasteiger partial charge on any atom is -0.466 e. The first-order chi connectivity index (χ1) is 12.3. The van der Waals surface area contributed by atoms with Gasteiger partial charge in [-0.15, -0.1) is 0 Å². The fourth-order valence-electron chi connectivity index (χ4n) is 3.83. The minimum absolute atomic E-state index is 0.177. The summed E-state index contributed by atoms with van der Waals surface area (Å²) in [5.41, 5.74) is 1.31. The van der Waals surface area contributed by atoms with Gasteiger partial charge in [-0.2, -0.15) is 0 Å². The van der Waals surface area contributed by atoms with Crippen LogP contribution < -0.4 is 10.5 Å². The molecule has 0 aliphatic heterocycles. The van der Waals surface area contributed by atoms with E-state index in [1.807, 2.05) is 43.3 Å². The third-order valence-corrected chi connectivity index (χ3v) is 5.05. The van der Waals surface area contributed by atoms with Crippen molar-refractivity contribution in [3.8, 4) is 0 Å². The zero-order valence-corrected chi connectivity index (χ0v) is 15.5. The summed E-state index contributed by atoms with van der Waals surface area (Å²) < 4.78 is 5.23. The van der Waals surface area contributed by atoms with Crippen molar-refractivity contribution in [2.45, 2.75) is 31.8 Å². The number of anilines is 1. The molecule has 0 spiro atoms. The Morgan fingerprint density at radius 1 is 1.31 bits per heavy atom. The van der Waals surface area contributed by atoms with Gasteiger partial charge < -0.3 is 19.8 Å². The van der Waals surface area contributed by atoms with Crippen molar-refractivity contribution in [1.29, 1.82) is 0 Å². The van der Waals surface area contributed by atoms with Crippen molar-refractivity contribution < 1.29 is 14.6 Å². The van der Waals surface area contributed by atoms with Gasteiger partial charge in [0.1, 0.15) is 0 Å². The third-order valence-electron chi connectivity index (χ3n) is 5.05. The van der Waals surface area contributed by atoms with Crippen molar-refractivity contribution in [1.82, 2.24) is 10.2 Å². The Bertz CT molecular complexity index is 848. The van der Waals surface area contributed by atoms with E-state index in [1.165, 1.54) is 0 Å². The summed E-state index contributed by atoms with van der Waals surface area (Å²) in [4.78, 5) is 27.1. The first-order valence-corrected chi connectivity index (χ1v) is 8.72. The minimum atomic E-state index is -1.34. The lowest BCUT2D eigenvalue weighted by molar-refractivity contribution is -0.159. The van der Waals surface area contributed by atoms with Gasteiger partial charge in [0.05, 0.1) is 18.1 Å². The van der Waals surface area contributed by atoms with Crippen LogP contribution in [0.5, 0.6) is 0 Å². The molecular weight excluding hydrogens is 334 g/mol. The second kappa shape index (κ2) is 6.64. The molecule has 3 atom stereocenters. The number of carbonyl (C=O) groups excluding carboxylic acids is 1. The summed E-state index contributed by atoms with van der Waals surface area (Å²) in [6.45, 7) is 3.56. The molecule has 7 nitrogen and oxygen atoms in total. The molecule has 140 valence electrons. The highest BCUT2D eigenvalue weighted by Gasteiger charge is 2.51. The van der Waals surface area contributed by atoms with Crippen LogP contribution in [0.3, 0.4) is 0 Å². The largest absolute Gasteiger partial charge is 0.466 e. The van der Waals surface area contributed by atoms with Crippen LogP contribution in [0.25, 0.3) is 0 Å². The molecule has 1 aliphatic carbocycles. The molecule has 1 aromatic heterocycles. The zero-order chi connectivity index (χ0) is 19.1. The van der Waals surface area contributed by atoms with E-state index < -0.39 is 23.4 Å². The molecule has 1 heterocycles. The van der Waals surface area contributed by atoms with Crippen LogP contribution >= 0.6 is 0 Å². The number of carbonyl (C=O) groups is 1. The standard InChI is InChI=1S/C19H25N3O4/c1-5-26-18(24)16-14(11-6-8-12(9-7-11)22(3)4)15-13(10-19(16,2)25)20-21-17(15)23/h6-9,14,16,25H,5,10H2,1-4H3,(H2,20,21,23)/t14-,16-,19+/m0/s1. The number of H-pyrrole nitrogens is 2. The van der Waals surface area contributed by atoms with Gasteiger partial charge in [0.15, 0.2) is 0 Å². The number of nitrogens with zero attached hydrogens (tertiary/aromatic N) is 1. The number of hydrogen-bond acceptors (Lipinski definition) is 5. The fraction of sp³-hybridized carbons (Fsp3) is 0.474. The number of rotatable bonds is 4. The lowest BCUT2D eigenvalue weighted by Gasteiger charge is -2.40. The van der Waals surface area contributed by atoms with Crippen molar-refractivity contribution in [2.24, 2.45) is 5.92 Å². The summed E-state index contributed by atoms with van der Waals surface area (Å²) in [6.07, 6.45) is 0.177. The number of ether oxygens (including phenoxy) is 1. The van der Waals surface area contributed by atoms with E-state index in [-0.39, 0.29) is 18.6 Å². The Balaban J connectivity index is 2.16. The molecule has 0 radical (unpaired) electrons. The predicted octanol–water partition coefficient (Wildman–Crippen LogP) is 1.39. The second-order valence-electron chi connectivity index (χ2n) is 7.20. The number of benzene rings is 1. The van der Waals surface area contributed by atoms with Gasteiger partial charge in [-0.25, -0.2) is 0 Å². The van der Waals surface area contributed by atoms with E-state index in [1.54, 1.807) is 13.8 Å². The number of hydrogen-bond donors (Lipinski definition) is 3. The number of fused-ring (bicyclic) bond motifs is 1. The maximum absolute atomic E-state index is 12.7. The summed E-state index contributed by atoms with van der Waals surface area (Å²) in [6, 6.07) is 7.65. The molecule has 1 aromatic carbocycles. The molecule has 7 heteroatoms. The maximum Gasteiger partial charge on any atom is 0.312 e.